The van der Waals surface area contributed by atoms with E-state index >= 15 is 0 Å². The summed E-state index contributed by atoms with van der Waals surface area (Å²) < 4.78 is 32.5. The molecule has 144 valence electrons. The van der Waals surface area contributed by atoms with Gasteiger partial charge in [-0.05, 0) is 35.2 Å². The SMILES string of the molecule is CO[C@@]1(C(=O)OCCS(C)(=O)=O)N2C(=O)[C@@H](NP(C)C)[C@H]2SC1(C)C. The van der Waals surface area contributed by atoms with Crippen molar-refractivity contribution < 1.29 is 27.5 Å². The largest absolute Gasteiger partial charge is 0.461 e. The number of β-lactam (4-membered cyclic amide) rings is 1. The quantitative estimate of drug-likeness (QED) is 0.360. The second-order valence-electron chi connectivity index (χ2n) is 6.84. The van der Waals surface area contributed by atoms with Crippen LogP contribution in [0.25, 0.3) is 0 Å². The number of rotatable bonds is 7. The molecule has 0 bridgehead atoms. The number of ether oxygens (including phenoxy) is 2. The van der Waals surface area contributed by atoms with Crippen molar-refractivity contribution in [2.24, 2.45) is 0 Å². The Bertz CT molecular complexity index is 668. The summed E-state index contributed by atoms with van der Waals surface area (Å²) in [5.74, 6) is -1.22. The predicted octanol–water partition coefficient (Wildman–Crippen LogP) is 0.225. The number of thioether (sulfide) groups is 1. The first kappa shape index (κ1) is 20.9. The highest BCUT2D eigenvalue weighted by Crippen LogP contribution is 2.58. The molecule has 0 aromatic rings. The number of nitrogens with zero attached hydrogens (tertiary/aromatic N) is 1. The molecule has 0 aromatic heterocycles. The normalized spacial score (nSPS) is 31.0. The molecule has 0 aromatic carbocycles. The highest BCUT2D eigenvalue weighted by molar-refractivity contribution is 8.01. The van der Waals surface area contributed by atoms with E-state index in [1.54, 1.807) is 0 Å². The van der Waals surface area contributed by atoms with E-state index in [2.05, 4.69) is 5.09 Å². The average Bonchev–Trinajstić information content (AvgIpc) is 2.68. The average molecular weight is 412 g/mol. The molecule has 2 saturated heterocycles. The Morgan fingerprint density at radius 2 is 2.00 bits per heavy atom. The monoisotopic (exact) mass is 412 g/mol. The minimum atomic E-state index is -3.25. The third-order valence-electron chi connectivity index (χ3n) is 4.27. The Hall–Kier alpha value is -0.410. The standard InChI is InChI=1S/C14H25N2O6PS2/c1-13(2)14(21-3,12(18)22-7-8-25(6,19)20)16-10(17)9(11(16)24-13)15-23(4)5/h9,11,15H,7-8H2,1-6H3/t9-,11-,14-/m1/s1. The molecule has 0 aliphatic carbocycles. The Kier molecular flexibility index (Phi) is 5.82. The Balaban J connectivity index is 2.23. The summed E-state index contributed by atoms with van der Waals surface area (Å²) in [7, 11) is -2.37. The number of carbonyl (C=O) groups is 2. The molecule has 1 N–H and O–H groups in total. The zero-order valence-electron chi connectivity index (χ0n) is 15.2. The minimum Gasteiger partial charge on any atom is -0.461 e. The molecule has 2 fully saturated rings. The third-order valence-corrected chi connectivity index (χ3v) is 7.56. The van der Waals surface area contributed by atoms with Gasteiger partial charge in [0.15, 0.2) is 9.84 Å². The molecule has 2 heterocycles. The van der Waals surface area contributed by atoms with Gasteiger partial charge in [-0.15, -0.1) is 11.8 Å². The molecule has 8 nitrogen and oxygen atoms in total. The summed E-state index contributed by atoms with van der Waals surface area (Å²) in [5.41, 5.74) is -1.57. The number of fused-ring (bicyclic) bond motifs is 1. The number of hydrogen-bond donors (Lipinski definition) is 1. The van der Waals surface area contributed by atoms with E-state index in [1.165, 1.54) is 23.8 Å². The first-order chi connectivity index (χ1) is 11.4. The second kappa shape index (κ2) is 6.96. The van der Waals surface area contributed by atoms with Crippen molar-refractivity contribution in [2.75, 3.05) is 39.1 Å². The molecule has 3 atom stereocenters. The van der Waals surface area contributed by atoms with Crippen LogP contribution in [-0.4, -0.2) is 86.1 Å². The zero-order valence-corrected chi connectivity index (χ0v) is 17.8. The fourth-order valence-corrected chi connectivity index (χ4v) is 6.15. The molecule has 2 rings (SSSR count). The van der Waals surface area contributed by atoms with Crippen LogP contribution in [0.4, 0.5) is 0 Å². The molecule has 1 amide bonds. The van der Waals surface area contributed by atoms with Gasteiger partial charge in [0.1, 0.15) is 18.0 Å². The number of nitrogens with one attached hydrogen (secondary N) is 1. The van der Waals surface area contributed by atoms with Crippen molar-refractivity contribution in [1.29, 1.82) is 0 Å². The van der Waals surface area contributed by atoms with E-state index < -0.39 is 34.4 Å². The predicted molar refractivity (Wildman–Crippen MR) is 98.4 cm³/mol. The maximum Gasteiger partial charge on any atom is 0.361 e. The van der Waals surface area contributed by atoms with Gasteiger partial charge in [-0.25, -0.2) is 13.2 Å². The van der Waals surface area contributed by atoms with Crippen LogP contribution in [0.3, 0.4) is 0 Å². The fraction of sp³-hybridized carbons (Fsp3) is 0.857. The van der Waals surface area contributed by atoms with Gasteiger partial charge in [0.25, 0.3) is 5.72 Å². The van der Waals surface area contributed by atoms with Gasteiger partial charge in [0.2, 0.25) is 5.91 Å². The third kappa shape index (κ3) is 3.56. The van der Waals surface area contributed by atoms with Gasteiger partial charge in [-0.3, -0.25) is 14.8 Å². The lowest BCUT2D eigenvalue weighted by Crippen LogP contribution is -2.75. The van der Waals surface area contributed by atoms with E-state index in [-0.39, 0.29) is 29.7 Å². The van der Waals surface area contributed by atoms with Crippen molar-refractivity contribution in [3.05, 3.63) is 0 Å². The number of methoxy groups -OCH3 is 1. The summed E-state index contributed by atoms with van der Waals surface area (Å²) in [6.07, 6.45) is 1.07. The van der Waals surface area contributed by atoms with Crippen molar-refractivity contribution in [1.82, 2.24) is 9.99 Å². The molecule has 11 heteroatoms. The highest BCUT2D eigenvalue weighted by atomic mass is 32.2. The van der Waals surface area contributed by atoms with Crippen molar-refractivity contribution in [2.45, 2.75) is 35.7 Å². The molecule has 0 spiro atoms. The van der Waals surface area contributed by atoms with Gasteiger partial charge >= 0.3 is 5.97 Å². The summed E-state index contributed by atoms with van der Waals surface area (Å²) in [4.78, 5) is 26.9. The molecule has 0 unspecified atom stereocenters. The van der Waals surface area contributed by atoms with Gasteiger partial charge in [-0.1, -0.05) is 0 Å². The van der Waals surface area contributed by atoms with Crippen LogP contribution in [0.1, 0.15) is 13.8 Å². The van der Waals surface area contributed by atoms with E-state index in [9.17, 15) is 18.0 Å². The van der Waals surface area contributed by atoms with E-state index in [4.69, 9.17) is 9.47 Å². The summed E-state index contributed by atoms with van der Waals surface area (Å²) in [6.45, 7) is 7.40. The number of carbonyl (C=O) groups excluding carboxylic acids is 2. The van der Waals surface area contributed by atoms with E-state index in [0.717, 1.165) is 6.26 Å². The lowest BCUT2D eigenvalue weighted by atomic mass is 9.92. The van der Waals surface area contributed by atoms with Gasteiger partial charge in [-0.2, -0.15) is 0 Å². The smallest absolute Gasteiger partial charge is 0.361 e. The summed E-state index contributed by atoms with van der Waals surface area (Å²) in [5, 5.41) is 3.04. The Labute approximate surface area is 154 Å². The number of hydrogen-bond acceptors (Lipinski definition) is 8. The van der Waals surface area contributed by atoms with Crippen molar-refractivity contribution in [3.8, 4) is 0 Å². The van der Waals surface area contributed by atoms with Crippen LogP contribution < -0.4 is 5.09 Å². The van der Waals surface area contributed by atoms with Crippen molar-refractivity contribution in [3.63, 3.8) is 0 Å². The first-order valence-electron chi connectivity index (χ1n) is 7.72. The van der Waals surface area contributed by atoms with E-state index in [0.29, 0.717) is 0 Å². The Morgan fingerprint density at radius 1 is 1.40 bits per heavy atom. The lowest BCUT2D eigenvalue weighted by molar-refractivity contribution is -0.215. The number of amides is 1. The van der Waals surface area contributed by atoms with Crippen LogP contribution >= 0.6 is 19.8 Å². The van der Waals surface area contributed by atoms with Crippen LogP contribution in [-0.2, 0) is 28.9 Å². The number of esters is 1. The van der Waals surface area contributed by atoms with Crippen LogP contribution in [0.15, 0.2) is 0 Å². The lowest BCUT2D eigenvalue weighted by Gasteiger charge is -2.49. The van der Waals surface area contributed by atoms with Gasteiger partial charge < -0.3 is 9.47 Å². The molecular weight excluding hydrogens is 387 g/mol. The second-order valence-corrected chi connectivity index (χ2v) is 12.9. The van der Waals surface area contributed by atoms with Crippen LogP contribution in [0, 0.1) is 0 Å². The molecule has 0 radical (unpaired) electrons. The Morgan fingerprint density at radius 3 is 2.48 bits per heavy atom. The van der Waals surface area contributed by atoms with Crippen LogP contribution in [0.2, 0.25) is 0 Å². The molecule has 2 aliphatic heterocycles. The minimum absolute atomic E-state index is 0.207. The molecule has 0 saturated carbocycles. The van der Waals surface area contributed by atoms with E-state index in [1.807, 2.05) is 27.2 Å². The summed E-state index contributed by atoms with van der Waals surface area (Å²) in [6, 6.07) is -0.355. The van der Waals surface area contributed by atoms with Gasteiger partial charge in [0.05, 0.1) is 10.5 Å². The van der Waals surface area contributed by atoms with Crippen LogP contribution in [0.5, 0.6) is 0 Å². The van der Waals surface area contributed by atoms with Crippen molar-refractivity contribution >= 4 is 41.5 Å². The molecule has 25 heavy (non-hydrogen) atoms. The topological polar surface area (TPSA) is 102 Å². The van der Waals surface area contributed by atoms with Gasteiger partial charge in [0, 0.05) is 13.4 Å². The summed E-state index contributed by atoms with van der Waals surface area (Å²) >= 11 is 1.48. The maximum atomic E-state index is 12.8. The zero-order chi connectivity index (χ0) is 19.2. The molecule has 2 aliphatic rings. The fourth-order valence-electron chi connectivity index (χ4n) is 3.14. The first-order valence-corrected chi connectivity index (χ1v) is 12.9. The molecular formula is C14H25N2O6PS2. The highest BCUT2D eigenvalue weighted by Gasteiger charge is 2.74. The number of sulfone groups is 1. The maximum absolute atomic E-state index is 12.8.